The Bertz CT molecular complexity index is 1170. The normalized spacial score (nSPS) is 15.7. The van der Waals surface area contributed by atoms with Crippen LogP contribution < -0.4 is 0 Å². The first kappa shape index (κ1) is 19.2. The van der Waals surface area contributed by atoms with Gasteiger partial charge in [-0.25, -0.2) is 0 Å². The van der Waals surface area contributed by atoms with Crippen molar-refractivity contribution in [3.8, 4) is 22.5 Å². The third-order valence-corrected chi connectivity index (χ3v) is 6.30. The molecule has 2 heterocycles. The highest BCUT2D eigenvalue weighted by Gasteiger charge is 2.41. The van der Waals surface area contributed by atoms with Crippen LogP contribution in [0.3, 0.4) is 0 Å². The number of methoxy groups -OCH3 is 1. The van der Waals surface area contributed by atoms with Gasteiger partial charge >= 0.3 is 0 Å². The average molecular weight is 420 g/mol. The van der Waals surface area contributed by atoms with E-state index in [0.29, 0.717) is 17.5 Å². The molecule has 0 bridgehead atoms. The molecule has 0 radical (unpaired) electrons. The van der Waals surface area contributed by atoms with Gasteiger partial charge < -0.3 is 4.74 Å². The number of nitrogens with one attached hydrogen (secondary N) is 1. The number of halogens is 1. The van der Waals surface area contributed by atoms with Crippen LogP contribution in [0.15, 0.2) is 48.5 Å². The molecule has 0 atom stereocenters. The summed E-state index contributed by atoms with van der Waals surface area (Å²) in [4.78, 5) is 5.17. The molecule has 0 saturated heterocycles. The summed E-state index contributed by atoms with van der Waals surface area (Å²) >= 11 is 6.40. The van der Waals surface area contributed by atoms with Crippen LogP contribution in [0.25, 0.3) is 33.4 Å². The Morgan fingerprint density at radius 3 is 2.57 bits per heavy atom. The van der Waals surface area contributed by atoms with Gasteiger partial charge in [0.05, 0.1) is 23.4 Å². The van der Waals surface area contributed by atoms with Crippen LogP contribution in [-0.4, -0.2) is 39.3 Å². The summed E-state index contributed by atoms with van der Waals surface area (Å²) in [5.74, 6) is 0.542. The average Bonchev–Trinajstić information content (AvgIpc) is 3.46. The van der Waals surface area contributed by atoms with Crippen molar-refractivity contribution in [2.24, 2.45) is 0 Å². The van der Waals surface area contributed by atoms with Crippen molar-refractivity contribution >= 4 is 22.5 Å². The molecule has 1 saturated carbocycles. The van der Waals surface area contributed by atoms with Gasteiger partial charge in [0, 0.05) is 28.5 Å². The van der Waals surface area contributed by atoms with Gasteiger partial charge in [-0.05, 0) is 41.8 Å². The SMILES string of the molecule is COCC1(c2nc3ccc(Cl)cc3c(-c3ccccc3)c2-c2nn[nH]n2)CCCC1. The third kappa shape index (κ3) is 3.16. The molecule has 2 aromatic carbocycles. The predicted molar refractivity (Wildman–Crippen MR) is 117 cm³/mol. The van der Waals surface area contributed by atoms with Crippen LogP contribution >= 0.6 is 11.6 Å². The van der Waals surface area contributed by atoms with Crippen molar-refractivity contribution in [3.05, 3.63) is 59.2 Å². The lowest BCUT2D eigenvalue weighted by molar-refractivity contribution is 0.130. The maximum Gasteiger partial charge on any atom is 0.207 e. The molecule has 30 heavy (non-hydrogen) atoms. The molecule has 7 heteroatoms. The first-order valence-electron chi connectivity index (χ1n) is 10.1. The van der Waals surface area contributed by atoms with Crippen LogP contribution in [-0.2, 0) is 10.2 Å². The van der Waals surface area contributed by atoms with E-state index >= 15 is 0 Å². The highest BCUT2D eigenvalue weighted by Crippen LogP contribution is 2.48. The number of hydrogen-bond donors (Lipinski definition) is 1. The third-order valence-electron chi connectivity index (χ3n) is 6.06. The van der Waals surface area contributed by atoms with E-state index in [1.807, 2.05) is 36.4 Å². The van der Waals surface area contributed by atoms with Gasteiger partial charge in [-0.1, -0.05) is 54.8 Å². The van der Waals surface area contributed by atoms with Gasteiger partial charge in [0.2, 0.25) is 5.82 Å². The Hall–Kier alpha value is -2.83. The second-order valence-electron chi connectivity index (χ2n) is 7.89. The summed E-state index contributed by atoms with van der Waals surface area (Å²) in [6.45, 7) is 0.609. The minimum absolute atomic E-state index is 0.179. The van der Waals surface area contributed by atoms with Crippen LogP contribution in [0, 0.1) is 0 Å². The van der Waals surface area contributed by atoms with Gasteiger partial charge in [0.25, 0.3) is 0 Å². The van der Waals surface area contributed by atoms with E-state index in [-0.39, 0.29) is 5.41 Å². The molecule has 5 rings (SSSR count). The predicted octanol–water partition coefficient (Wildman–Crippen LogP) is 5.19. The van der Waals surface area contributed by atoms with E-state index < -0.39 is 0 Å². The summed E-state index contributed by atoms with van der Waals surface area (Å²) in [6.07, 6.45) is 4.34. The minimum atomic E-state index is -0.179. The number of H-pyrrole nitrogens is 1. The molecule has 1 fully saturated rings. The highest BCUT2D eigenvalue weighted by atomic mass is 35.5. The van der Waals surface area contributed by atoms with Crippen molar-refractivity contribution in [2.45, 2.75) is 31.1 Å². The highest BCUT2D eigenvalue weighted by molar-refractivity contribution is 6.31. The number of aromatic nitrogens is 5. The number of fused-ring (bicyclic) bond motifs is 1. The fourth-order valence-corrected chi connectivity index (χ4v) is 4.96. The molecular weight excluding hydrogens is 398 g/mol. The first-order chi connectivity index (χ1) is 14.7. The topological polar surface area (TPSA) is 76.6 Å². The molecule has 6 nitrogen and oxygen atoms in total. The zero-order valence-corrected chi connectivity index (χ0v) is 17.5. The quantitative estimate of drug-likeness (QED) is 0.481. The summed E-state index contributed by atoms with van der Waals surface area (Å²) in [6, 6.07) is 16.1. The van der Waals surface area contributed by atoms with E-state index in [1.165, 1.54) is 0 Å². The maximum atomic E-state index is 6.40. The van der Waals surface area contributed by atoms with Crippen molar-refractivity contribution in [3.63, 3.8) is 0 Å². The number of nitrogens with zero attached hydrogens (tertiary/aromatic N) is 4. The molecule has 152 valence electrons. The summed E-state index contributed by atoms with van der Waals surface area (Å²) in [5, 5.41) is 16.8. The van der Waals surface area contributed by atoms with Crippen LogP contribution in [0.4, 0.5) is 0 Å². The van der Waals surface area contributed by atoms with Gasteiger partial charge in [0.1, 0.15) is 0 Å². The number of hydrogen-bond acceptors (Lipinski definition) is 5. The molecule has 1 N–H and O–H groups in total. The van der Waals surface area contributed by atoms with E-state index in [9.17, 15) is 0 Å². The number of benzene rings is 2. The molecule has 0 aliphatic heterocycles. The number of aromatic amines is 1. The Morgan fingerprint density at radius 1 is 1.07 bits per heavy atom. The number of ether oxygens (including phenoxy) is 1. The number of tetrazole rings is 1. The van der Waals surface area contributed by atoms with Crippen LogP contribution in [0.2, 0.25) is 5.02 Å². The van der Waals surface area contributed by atoms with Gasteiger partial charge in [-0.2, -0.15) is 5.21 Å². The van der Waals surface area contributed by atoms with Gasteiger partial charge in [0.15, 0.2) is 0 Å². The zero-order valence-electron chi connectivity index (χ0n) is 16.7. The zero-order chi connectivity index (χ0) is 20.6. The second-order valence-corrected chi connectivity index (χ2v) is 8.33. The van der Waals surface area contributed by atoms with Crippen molar-refractivity contribution in [2.75, 3.05) is 13.7 Å². The van der Waals surface area contributed by atoms with E-state index in [0.717, 1.165) is 59.0 Å². The molecule has 1 aliphatic carbocycles. The fourth-order valence-electron chi connectivity index (χ4n) is 4.79. The molecular formula is C23H22ClN5O. The van der Waals surface area contributed by atoms with E-state index in [2.05, 4.69) is 32.8 Å². The van der Waals surface area contributed by atoms with Crippen molar-refractivity contribution < 1.29 is 4.74 Å². The van der Waals surface area contributed by atoms with Gasteiger partial charge in [-0.15, -0.1) is 10.2 Å². The number of pyridine rings is 1. The van der Waals surface area contributed by atoms with Crippen LogP contribution in [0.5, 0.6) is 0 Å². The summed E-state index contributed by atoms with van der Waals surface area (Å²) in [5.41, 5.74) is 4.71. The lowest BCUT2D eigenvalue weighted by Crippen LogP contribution is -2.30. The maximum absolute atomic E-state index is 6.40. The fraction of sp³-hybridized carbons (Fsp3) is 0.304. The standard InChI is InChI=1S/C23H22ClN5O/c1-30-14-23(11-5-6-12-23)21-20(22-26-28-29-27-22)19(15-7-3-2-4-8-15)17-13-16(24)9-10-18(17)25-21/h2-4,7-10,13H,5-6,11-12,14H2,1H3,(H,26,27,28,29). The summed E-state index contributed by atoms with van der Waals surface area (Å²) in [7, 11) is 1.76. The second kappa shape index (κ2) is 7.78. The molecule has 0 unspecified atom stereocenters. The van der Waals surface area contributed by atoms with Crippen LogP contribution in [0.1, 0.15) is 31.4 Å². The van der Waals surface area contributed by atoms with E-state index in [4.69, 9.17) is 21.3 Å². The van der Waals surface area contributed by atoms with E-state index in [1.54, 1.807) is 7.11 Å². The van der Waals surface area contributed by atoms with Gasteiger partial charge in [-0.3, -0.25) is 4.98 Å². The monoisotopic (exact) mass is 419 g/mol. The molecule has 0 spiro atoms. The lowest BCUT2D eigenvalue weighted by Gasteiger charge is -2.31. The Kier molecular flexibility index (Phi) is 4.97. The Labute approximate surface area is 179 Å². The van der Waals surface area contributed by atoms with Crippen molar-refractivity contribution in [1.82, 2.24) is 25.6 Å². The van der Waals surface area contributed by atoms with Crippen molar-refractivity contribution in [1.29, 1.82) is 0 Å². The first-order valence-corrected chi connectivity index (χ1v) is 10.5. The Morgan fingerprint density at radius 2 is 1.87 bits per heavy atom. The summed E-state index contributed by atoms with van der Waals surface area (Å²) < 4.78 is 5.71. The number of rotatable bonds is 5. The molecule has 4 aromatic rings. The lowest BCUT2D eigenvalue weighted by atomic mass is 9.78. The largest absolute Gasteiger partial charge is 0.384 e. The molecule has 0 amide bonds. The molecule has 2 aromatic heterocycles. The molecule has 1 aliphatic rings. The minimum Gasteiger partial charge on any atom is -0.384 e. The Balaban J connectivity index is 1.93. The smallest absolute Gasteiger partial charge is 0.207 e.